The number of thiazole rings is 1. The van der Waals surface area contributed by atoms with E-state index in [1.54, 1.807) is 23.3 Å². The highest BCUT2D eigenvalue weighted by atomic mass is 32.1. The van der Waals surface area contributed by atoms with E-state index in [0.717, 1.165) is 30.1 Å². The van der Waals surface area contributed by atoms with Crippen molar-refractivity contribution in [2.24, 2.45) is 4.99 Å². The van der Waals surface area contributed by atoms with Gasteiger partial charge in [0.1, 0.15) is 17.3 Å². The predicted molar refractivity (Wildman–Crippen MR) is 102 cm³/mol. The van der Waals surface area contributed by atoms with Gasteiger partial charge in [-0.2, -0.15) is 0 Å². The van der Waals surface area contributed by atoms with Crippen LogP contribution in [0.25, 0.3) is 0 Å². The zero-order valence-corrected chi connectivity index (χ0v) is 15.7. The number of hydrogen-bond donors (Lipinski definition) is 2. The molecule has 0 bridgehead atoms. The van der Waals surface area contributed by atoms with Crippen LogP contribution in [0.3, 0.4) is 0 Å². The van der Waals surface area contributed by atoms with Crippen molar-refractivity contribution in [1.29, 1.82) is 0 Å². The molecule has 0 amide bonds. The summed E-state index contributed by atoms with van der Waals surface area (Å²) in [6, 6.07) is 4.05. The van der Waals surface area contributed by atoms with E-state index in [-0.39, 0.29) is 11.7 Å². The van der Waals surface area contributed by atoms with Gasteiger partial charge >= 0.3 is 0 Å². The lowest BCUT2D eigenvalue weighted by atomic mass is 10.2. The maximum atomic E-state index is 13.9. The second-order valence-electron chi connectivity index (χ2n) is 6.25. The Bertz CT molecular complexity index is 756. The van der Waals surface area contributed by atoms with E-state index in [0.29, 0.717) is 19.0 Å². The molecular weight excluding hydrogens is 356 g/mol. The summed E-state index contributed by atoms with van der Waals surface area (Å²) in [5, 5.41) is 9.72. The number of anilines is 1. The normalized spacial score (nSPS) is 17.6. The fourth-order valence-corrected chi connectivity index (χ4v) is 3.74. The Morgan fingerprint density at radius 2 is 2.15 bits per heavy atom. The first kappa shape index (κ1) is 18.6. The average Bonchev–Trinajstić information content (AvgIpc) is 3.23. The summed E-state index contributed by atoms with van der Waals surface area (Å²) in [5.41, 5.74) is 1.12. The highest BCUT2D eigenvalue weighted by Gasteiger charge is 2.27. The molecule has 0 aliphatic carbocycles. The highest BCUT2D eigenvalue weighted by molar-refractivity contribution is 7.09. The van der Waals surface area contributed by atoms with E-state index in [1.165, 1.54) is 18.2 Å². The van der Waals surface area contributed by atoms with Crippen molar-refractivity contribution in [2.75, 3.05) is 31.6 Å². The lowest BCUT2D eigenvalue weighted by Crippen LogP contribution is -2.45. The standard InChI is InChI=1S/C18H23F2N5S/c1-12-23-14(11-26-12)6-8-22-18(21-2)24-13-7-9-25(10-13)17-15(19)4-3-5-16(17)20/h3-5,11,13H,6-10H2,1-2H3,(H2,21,22,24). The lowest BCUT2D eigenvalue weighted by molar-refractivity contribution is 0.576. The largest absolute Gasteiger partial charge is 0.365 e. The van der Waals surface area contributed by atoms with Gasteiger partial charge in [0.15, 0.2) is 5.96 Å². The SMILES string of the molecule is CN=C(NCCc1csc(C)n1)NC1CCN(c2c(F)cccc2F)C1. The van der Waals surface area contributed by atoms with Crippen molar-refractivity contribution in [2.45, 2.75) is 25.8 Å². The van der Waals surface area contributed by atoms with E-state index in [2.05, 4.69) is 26.0 Å². The molecule has 0 radical (unpaired) electrons. The number of halogens is 2. The smallest absolute Gasteiger partial charge is 0.191 e. The van der Waals surface area contributed by atoms with Crippen LogP contribution in [0.15, 0.2) is 28.6 Å². The molecule has 8 heteroatoms. The summed E-state index contributed by atoms with van der Waals surface area (Å²) in [5.74, 6) is -0.351. The van der Waals surface area contributed by atoms with E-state index in [1.807, 2.05) is 6.92 Å². The zero-order valence-electron chi connectivity index (χ0n) is 14.9. The van der Waals surface area contributed by atoms with E-state index in [9.17, 15) is 8.78 Å². The Morgan fingerprint density at radius 1 is 1.38 bits per heavy atom. The molecule has 1 atom stereocenters. The minimum absolute atomic E-state index is 0.0543. The minimum atomic E-state index is -0.522. The maximum Gasteiger partial charge on any atom is 0.191 e. The summed E-state index contributed by atoms with van der Waals surface area (Å²) in [7, 11) is 1.71. The summed E-state index contributed by atoms with van der Waals surface area (Å²) in [6.07, 6.45) is 1.61. The van der Waals surface area contributed by atoms with Crippen LogP contribution in [-0.4, -0.2) is 43.7 Å². The van der Waals surface area contributed by atoms with E-state index < -0.39 is 11.6 Å². The number of aryl methyl sites for hydroxylation is 1. The number of benzene rings is 1. The molecule has 0 spiro atoms. The first-order valence-electron chi connectivity index (χ1n) is 8.64. The van der Waals surface area contributed by atoms with Gasteiger partial charge in [-0.05, 0) is 25.5 Å². The Hall–Kier alpha value is -2.22. The highest BCUT2D eigenvalue weighted by Crippen LogP contribution is 2.26. The van der Waals surface area contributed by atoms with Crippen LogP contribution in [0.4, 0.5) is 14.5 Å². The Balaban J connectivity index is 1.50. The van der Waals surface area contributed by atoms with Crippen LogP contribution in [0, 0.1) is 18.6 Å². The van der Waals surface area contributed by atoms with Crippen LogP contribution in [0.1, 0.15) is 17.1 Å². The molecular formula is C18H23F2N5S. The number of rotatable bonds is 5. The van der Waals surface area contributed by atoms with Gasteiger partial charge in [0.05, 0.1) is 10.7 Å². The molecule has 1 aliphatic heterocycles. The van der Waals surface area contributed by atoms with Crippen molar-refractivity contribution in [3.63, 3.8) is 0 Å². The molecule has 26 heavy (non-hydrogen) atoms. The molecule has 2 N–H and O–H groups in total. The molecule has 2 heterocycles. The van der Waals surface area contributed by atoms with Gasteiger partial charge in [-0.3, -0.25) is 4.99 Å². The van der Waals surface area contributed by atoms with Crippen molar-refractivity contribution in [3.8, 4) is 0 Å². The van der Waals surface area contributed by atoms with Crippen LogP contribution in [0.5, 0.6) is 0 Å². The van der Waals surface area contributed by atoms with Gasteiger partial charge in [0.25, 0.3) is 0 Å². The molecule has 2 aromatic rings. The molecule has 1 fully saturated rings. The van der Waals surface area contributed by atoms with Gasteiger partial charge in [0.2, 0.25) is 0 Å². The number of nitrogens with zero attached hydrogens (tertiary/aromatic N) is 3. The molecule has 1 saturated heterocycles. The van der Waals surface area contributed by atoms with Crippen molar-refractivity contribution in [1.82, 2.24) is 15.6 Å². The average molecular weight is 379 g/mol. The van der Waals surface area contributed by atoms with Gasteiger partial charge in [-0.25, -0.2) is 13.8 Å². The first-order valence-corrected chi connectivity index (χ1v) is 9.52. The lowest BCUT2D eigenvalue weighted by Gasteiger charge is -2.21. The molecule has 3 rings (SSSR count). The third kappa shape index (κ3) is 4.49. The fourth-order valence-electron chi connectivity index (χ4n) is 3.09. The van der Waals surface area contributed by atoms with Gasteiger partial charge < -0.3 is 15.5 Å². The molecule has 5 nitrogen and oxygen atoms in total. The zero-order chi connectivity index (χ0) is 18.5. The maximum absolute atomic E-state index is 13.9. The quantitative estimate of drug-likeness (QED) is 0.620. The van der Waals surface area contributed by atoms with Crippen molar-refractivity contribution < 1.29 is 8.78 Å². The molecule has 1 aromatic heterocycles. The second kappa shape index (κ2) is 8.44. The Kier molecular flexibility index (Phi) is 6.03. The summed E-state index contributed by atoms with van der Waals surface area (Å²) >= 11 is 1.64. The number of aromatic nitrogens is 1. The number of nitrogens with one attached hydrogen (secondary N) is 2. The summed E-state index contributed by atoms with van der Waals surface area (Å²) < 4.78 is 27.9. The van der Waals surface area contributed by atoms with Gasteiger partial charge in [-0.15, -0.1) is 11.3 Å². The van der Waals surface area contributed by atoms with E-state index >= 15 is 0 Å². The van der Waals surface area contributed by atoms with Crippen molar-refractivity contribution >= 4 is 23.0 Å². The van der Waals surface area contributed by atoms with Gasteiger partial charge in [0, 0.05) is 44.5 Å². The van der Waals surface area contributed by atoms with Gasteiger partial charge in [-0.1, -0.05) is 6.07 Å². The molecule has 1 aliphatic rings. The third-order valence-corrected chi connectivity index (χ3v) is 5.17. The molecule has 140 valence electrons. The number of guanidine groups is 1. The van der Waals surface area contributed by atoms with E-state index in [4.69, 9.17) is 0 Å². The Labute approximate surface area is 156 Å². The summed E-state index contributed by atoms with van der Waals surface area (Å²) in [6.45, 7) is 3.85. The molecule has 0 saturated carbocycles. The molecule has 1 aromatic carbocycles. The Morgan fingerprint density at radius 3 is 2.81 bits per heavy atom. The van der Waals surface area contributed by atoms with Crippen LogP contribution < -0.4 is 15.5 Å². The number of aliphatic imine (C=N–C) groups is 1. The van der Waals surface area contributed by atoms with Crippen LogP contribution in [-0.2, 0) is 6.42 Å². The van der Waals surface area contributed by atoms with Crippen molar-refractivity contribution in [3.05, 3.63) is 45.9 Å². The number of para-hydroxylation sites is 1. The monoisotopic (exact) mass is 379 g/mol. The van der Waals surface area contributed by atoms with Crippen LogP contribution in [0.2, 0.25) is 0 Å². The number of hydrogen-bond acceptors (Lipinski definition) is 4. The second-order valence-corrected chi connectivity index (χ2v) is 7.32. The summed E-state index contributed by atoms with van der Waals surface area (Å²) in [4.78, 5) is 10.4. The van der Waals surface area contributed by atoms with Crippen LogP contribution >= 0.6 is 11.3 Å². The first-order chi connectivity index (χ1) is 12.6. The fraction of sp³-hybridized carbons (Fsp3) is 0.444. The minimum Gasteiger partial charge on any atom is -0.365 e. The third-order valence-electron chi connectivity index (χ3n) is 4.35. The molecule has 1 unspecified atom stereocenters. The predicted octanol–water partition coefficient (Wildman–Crippen LogP) is 2.72. The topological polar surface area (TPSA) is 52.6 Å².